The topological polar surface area (TPSA) is 38.3 Å². The lowest BCUT2D eigenvalue weighted by atomic mass is 10.2. The fourth-order valence-electron chi connectivity index (χ4n) is 1.42. The van der Waals surface area contributed by atoms with Gasteiger partial charge in [-0.1, -0.05) is 0 Å². The van der Waals surface area contributed by atoms with E-state index in [1.54, 1.807) is 11.3 Å². The summed E-state index contributed by atoms with van der Waals surface area (Å²) in [6, 6.07) is 2.47. The van der Waals surface area contributed by atoms with Crippen molar-refractivity contribution in [2.24, 2.45) is 0 Å². The molecule has 0 radical (unpaired) electrons. The Morgan fingerprint density at radius 2 is 2.44 bits per heavy atom. The van der Waals surface area contributed by atoms with Crippen molar-refractivity contribution >= 4 is 17.3 Å². The summed E-state index contributed by atoms with van der Waals surface area (Å²) in [5.41, 5.74) is 1.31. The van der Waals surface area contributed by atoms with Crippen molar-refractivity contribution in [3.8, 4) is 0 Å². The Balaban J connectivity index is 2.09. The third-order valence-corrected chi connectivity index (χ3v) is 3.06. The maximum absolute atomic E-state index is 11.1. The normalized spacial score (nSPS) is 12.4. The van der Waals surface area contributed by atoms with Crippen molar-refractivity contribution in [3.63, 3.8) is 0 Å². The molecule has 1 atom stereocenters. The third-order valence-electron chi connectivity index (χ3n) is 2.36. The van der Waals surface area contributed by atoms with Crippen LogP contribution in [0.2, 0.25) is 0 Å². The van der Waals surface area contributed by atoms with Gasteiger partial charge in [0, 0.05) is 12.5 Å². The van der Waals surface area contributed by atoms with Gasteiger partial charge in [-0.25, -0.2) is 0 Å². The lowest BCUT2D eigenvalue weighted by molar-refractivity contribution is -0.143. The van der Waals surface area contributed by atoms with Crippen molar-refractivity contribution in [1.82, 2.24) is 5.32 Å². The van der Waals surface area contributed by atoms with E-state index in [-0.39, 0.29) is 5.97 Å². The molecular weight excluding hydrogens is 222 g/mol. The van der Waals surface area contributed by atoms with Gasteiger partial charge in [-0.15, -0.1) is 0 Å². The molecule has 1 N–H and O–H groups in total. The highest BCUT2D eigenvalue weighted by Gasteiger charge is 2.05. The van der Waals surface area contributed by atoms with E-state index in [1.807, 2.05) is 6.92 Å². The van der Waals surface area contributed by atoms with E-state index in [1.165, 1.54) is 5.56 Å². The minimum absolute atomic E-state index is 0.104. The van der Waals surface area contributed by atoms with Crippen molar-refractivity contribution in [3.05, 3.63) is 22.4 Å². The smallest absolute Gasteiger partial charge is 0.305 e. The summed E-state index contributed by atoms with van der Waals surface area (Å²) < 4.78 is 4.86. The van der Waals surface area contributed by atoms with Crippen LogP contribution in [0.5, 0.6) is 0 Å². The summed E-state index contributed by atoms with van der Waals surface area (Å²) >= 11 is 1.70. The molecule has 90 valence electrons. The first-order valence-electron chi connectivity index (χ1n) is 5.65. The summed E-state index contributed by atoms with van der Waals surface area (Å²) in [6.07, 6.45) is 1.32. The Bertz CT molecular complexity index is 298. The Morgan fingerprint density at radius 1 is 1.62 bits per heavy atom. The fourth-order valence-corrected chi connectivity index (χ4v) is 2.18. The zero-order valence-electron chi connectivity index (χ0n) is 9.86. The summed E-state index contributed by atoms with van der Waals surface area (Å²) in [4.78, 5) is 11.1. The molecule has 1 aromatic heterocycles. The molecule has 0 aliphatic rings. The number of rotatable bonds is 7. The maximum Gasteiger partial charge on any atom is 0.305 e. The Kier molecular flexibility index (Phi) is 6.11. The average molecular weight is 241 g/mol. The van der Waals surface area contributed by atoms with Crippen LogP contribution < -0.4 is 5.32 Å². The van der Waals surface area contributed by atoms with Crippen LogP contribution >= 0.6 is 11.3 Å². The molecule has 1 heterocycles. The SMILES string of the molecule is CCOC(=O)CCCNC(C)c1ccsc1. The van der Waals surface area contributed by atoms with Crippen LogP contribution in [-0.4, -0.2) is 19.1 Å². The van der Waals surface area contributed by atoms with E-state index in [2.05, 4.69) is 29.1 Å². The molecule has 0 spiro atoms. The highest BCUT2D eigenvalue weighted by atomic mass is 32.1. The first-order valence-corrected chi connectivity index (χ1v) is 6.59. The van der Waals surface area contributed by atoms with E-state index in [0.717, 1.165) is 13.0 Å². The third kappa shape index (κ3) is 4.77. The van der Waals surface area contributed by atoms with Crippen molar-refractivity contribution < 1.29 is 9.53 Å². The quantitative estimate of drug-likeness (QED) is 0.589. The molecule has 0 aliphatic carbocycles. The van der Waals surface area contributed by atoms with Crippen LogP contribution in [0.4, 0.5) is 0 Å². The Morgan fingerprint density at radius 3 is 3.06 bits per heavy atom. The second-order valence-electron chi connectivity index (χ2n) is 3.64. The molecular formula is C12H19NO2S. The molecule has 0 amide bonds. The Hall–Kier alpha value is -0.870. The number of carbonyl (C=O) groups is 1. The van der Waals surface area contributed by atoms with Gasteiger partial charge in [-0.2, -0.15) is 11.3 Å². The molecule has 0 saturated carbocycles. The van der Waals surface area contributed by atoms with Crippen LogP contribution in [0.1, 0.15) is 38.3 Å². The zero-order valence-corrected chi connectivity index (χ0v) is 10.7. The number of esters is 1. The molecule has 1 aromatic rings. The van der Waals surface area contributed by atoms with E-state index < -0.39 is 0 Å². The predicted octanol–water partition coefficient (Wildman–Crippen LogP) is 2.74. The minimum Gasteiger partial charge on any atom is -0.466 e. The van der Waals surface area contributed by atoms with Crippen LogP contribution in [0.3, 0.4) is 0 Å². The minimum atomic E-state index is -0.104. The highest BCUT2D eigenvalue weighted by Crippen LogP contribution is 2.15. The number of hydrogen-bond acceptors (Lipinski definition) is 4. The number of ether oxygens (including phenoxy) is 1. The summed E-state index contributed by atoms with van der Waals surface area (Å²) in [5, 5.41) is 7.60. The second-order valence-corrected chi connectivity index (χ2v) is 4.42. The zero-order chi connectivity index (χ0) is 11.8. The predicted molar refractivity (Wildman–Crippen MR) is 66.6 cm³/mol. The summed E-state index contributed by atoms with van der Waals surface area (Å²) in [7, 11) is 0. The van der Waals surface area contributed by atoms with Gasteiger partial charge in [0.1, 0.15) is 0 Å². The number of thiophene rings is 1. The molecule has 0 bridgehead atoms. The van der Waals surface area contributed by atoms with E-state index >= 15 is 0 Å². The molecule has 16 heavy (non-hydrogen) atoms. The van der Waals surface area contributed by atoms with Crippen LogP contribution in [0.15, 0.2) is 16.8 Å². The van der Waals surface area contributed by atoms with Gasteiger partial charge in [0.25, 0.3) is 0 Å². The Labute approximate surface area is 101 Å². The molecule has 0 fully saturated rings. The van der Waals surface area contributed by atoms with E-state index in [4.69, 9.17) is 4.74 Å². The number of hydrogen-bond donors (Lipinski definition) is 1. The largest absolute Gasteiger partial charge is 0.466 e. The summed E-state index contributed by atoms with van der Waals surface area (Å²) in [5.74, 6) is -0.104. The first kappa shape index (κ1) is 13.2. The molecule has 3 nitrogen and oxygen atoms in total. The lowest BCUT2D eigenvalue weighted by Crippen LogP contribution is -2.20. The van der Waals surface area contributed by atoms with Crippen molar-refractivity contribution in [2.45, 2.75) is 32.7 Å². The molecule has 1 unspecified atom stereocenters. The van der Waals surface area contributed by atoms with Gasteiger partial charge >= 0.3 is 5.97 Å². The van der Waals surface area contributed by atoms with E-state index in [0.29, 0.717) is 19.1 Å². The van der Waals surface area contributed by atoms with Gasteiger partial charge in [0.2, 0.25) is 0 Å². The molecule has 1 rings (SSSR count). The van der Waals surface area contributed by atoms with Crippen molar-refractivity contribution in [2.75, 3.05) is 13.2 Å². The van der Waals surface area contributed by atoms with Gasteiger partial charge in [-0.3, -0.25) is 4.79 Å². The molecule has 0 saturated heterocycles. The van der Waals surface area contributed by atoms with Gasteiger partial charge in [0.05, 0.1) is 6.61 Å². The van der Waals surface area contributed by atoms with Gasteiger partial charge in [0.15, 0.2) is 0 Å². The fraction of sp³-hybridized carbons (Fsp3) is 0.583. The lowest BCUT2D eigenvalue weighted by Gasteiger charge is -2.11. The first-order chi connectivity index (χ1) is 7.74. The molecule has 0 aliphatic heterocycles. The summed E-state index contributed by atoms with van der Waals surface area (Å²) in [6.45, 7) is 5.27. The molecule has 4 heteroatoms. The standard InChI is InChI=1S/C12H19NO2S/c1-3-15-12(14)5-4-7-13-10(2)11-6-8-16-9-11/h6,8-10,13H,3-5,7H2,1-2H3. The highest BCUT2D eigenvalue weighted by molar-refractivity contribution is 7.07. The second kappa shape index (κ2) is 7.41. The van der Waals surface area contributed by atoms with Gasteiger partial charge < -0.3 is 10.1 Å². The maximum atomic E-state index is 11.1. The monoisotopic (exact) mass is 241 g/mol. The number of nitrogens with one attached hydrogen (secondary N) is 1. The van der Waals surface area contributed by atoms with Crippen LogP contribution in [-0.2, 0) is 9.53 Å². The van der Waals surface area contributed by atoms with E-state index in [9.17, 15) is 4.79 Å². The molecule has 0 aromatic carbocycles. The van der Waals surface area contributed by atoms with Gasteiger partial charge in [-0.05, 0) is 49.2 Å². The van der Waals surface area contributed by atoms with Crippen LogP contribution in [0.25, 0.3) is 0 Å². The number of carbonyl (C=O) groups excluding carboxylic acids is 1. The van der Waals surface area contributed by atoms with Crippen LogP contribution in [0, 0.1) is 0 Å². The van der Waals surface area contributed by atoms with Crippen molar-refractivity contribution in [1.29, 1.82) is 0 Å². The average Bonchev–Trinajstić information content (AvgIpc) is 2.78.